The summed E-state index contributed by atoms with van der Waals surface area (Å²) in [4.78, 5) is 4.85. The van der Waals surface area contributed by atoms with Crippen LogP contribution in [0.4, 0.5) is 0 Å². The van der Waals surface area contributed by atoms with Gasteiger partial charge in [-0.25, -0.2) is 13.5 Å². The standard InChI is InChI=1S/C35H23N3.C29H19N3.C28H18N4/c1-3-9-24(10-4-1)27-15-17-32-30(19-27)31-20-28(25-11-5-2-6-12-25)16-18-33(31)38(32)35-22-36-37-23-29-14-8-7-13-26(29)21-34(35)37;1-2-8-22-19-31-29(17-21(22)7-1)26(18-30-31)20-13-15-23(16-14-20)32-27-11-5-3-9-24(27)25-10-4-6-12-28(25)32;1-2-8-20-18-31-28(15-19(20)7-1)24(17-30-31)25-14-13-21(16-29-25)32-26-11-5-3-9-22(26)23-10-4-6-12-27(23)32/h1-23H;1-19H;1-18H. The lowest BCUT2D eigenvalue weighted by Crippen LogP contribution is -1.95. The van der Waals surface area contributed by atoms with Crippen molar-refractivity contribution in [1.29, 1.82) is 0 Å². The van der Waals surface area contributed by atoms with Crippen molar-refractivity contribution in [3.8, 4) is 61.7 Å². The van der Waals surface area contributed by atoms with Crippen molar-refractivity contribution in [3.05, 3.63) is 365 Å². The minimum Gasteiger partial charge on any atom is -0.309 e. The fourth-order valence-corrected chi connectivity index (χ4v) is 15.3. The highest BCUT2D eigenvalue weighted by molar-refractivity contribution is 6.13. The molecule has 10 heteroatoms. The highest BCUT2D eigenvalue weighted by Gasteiger charge is 2.20. The Labute approximate surface area is 584 Å². The van der Waals surface area contributed by atoms with E-state index in [1.165, 1.54) is 126 Å². The molecule has 10 heterocycles. The molecule has 0 amide bonds. The van der Waals surface area contributed by atoms with E-state index in [1.807, 2.05) is 44.4 Å². The molecule has 0 aliphatic heterocycles. The Morgan fingerprint density at radius 2 is 0.569 bits per heavy atom. The van der Waals surface area contributed by atoms with Crippen molar-refractivity contribution in [2.45, 2.75) is 0 Å². The minimum absolute atomic E-state index is 0.916. The third-order valence-corrected chi connectivity index (χ3v) is 20.2. The Morgan fingerprint density at radius 1 is 0.206 bits per heavy atom. The monoisotopic (exact) mass is 1300 g/mol. The topological polar surface area (TPSA) is 79.6 Å². The summed E-state index contributed by atoms with van der Waals surface area (Å²) in [5, 5.41) is 28.7. The Bertz CT molecular complexity index is 6520. The van der Waals surface area contributed by atoms with Crippen LogP contribution in [0.2, 0.25) is 0 Å². The summed E-state index contributed by atoms with van der Waals surface area (Å²) in [7, 11) is 0. The third kappa shape index (κ3) is 9.80. The molecule has 478 valence electrons. The summed E-state index contributed by atoms with van der Waals surface area (Å²) in [6, 6.07) is 114. The number of aromatic nitrogens is 10. The molecule has 22 aromatic rings. The molecule has 0 unspecified atom stereocenters. The van der Waals surface area contributed by atoms with Crippen LogP contribution in [0.5, 0.6) is 0 Å². The quantitative estimate of drug-likeness (QED) is 0.159. The molecule has 0 spiro atoms. The second-order valence-electron chi connectivity index (χ2n) is 26.1. The lowest BCUT2D eigenvalue weighted by Gasteiger charge is -2.09. The van der Waals surface area contributed by atoms with Gasteiger partial charge in [0, 0.05) is 83.9 Å². The Morgan fingerprint density at radius 3 is 1.04 bits per heavy atom. The number of pyridine rings is 4. The van der Waals surface area contributed by atoms with Gasteiger partial charge in [0.15, 0.2) is 0 Å². The zero-order chi connectivity index (χ0) is 67.2. The normalized spacial score (nSPS) is 11.7. The van der Waals surface area contributed by atoms with Gasteiger partial charge in [0.25, 0.3) is 0 Å². The molecule has 0 saturated carbocycles. The first-order chi connectivity index (χ1) is 50.6. The first-order valence-corrected chi connectivity index (χ1v) is 34.4. The lowest BCUT2D eigenvalue weighted by atomic mass is 10.0. The van der Waals surface area contributed by atoms with Crippen LogP contribution < -0.4 is 0 Å². The smallest absolute Gasteiger partial charge is 0.0923 e. The Balaban J connectivity index is 0.000000103. The predicted octanol–water partition coefficient (Wildman–Crippen LogP) is 22.8. The van der Waals surface area contributed by atoms with Crippen LogP contribution in [-0.2, 0) is 0 Å². The van der Waals surface area contributed by atoms with E-state index in [9.17, 15) is 0 Å². The van der Waals surface area contributed by atoms with Gasteiger partial charge < -0.3 is 13.7 Å². The molecule has 0 fully saturated rings. The number of fused-ring (bicyclic) bond motifs is 15. The van der Waals surface area contributed by atoms with E-state index in [-0.39, 0.29) is 0 Å². The molecule has 0 saturated heterocycles. The van der Waals surface area contributed by atoms with Gasteiger partial charge in [0.05, 0.1) is 91.5 Å². The van der Waals surface area contributed by atoms with Gasteiger partial charge in [-0.1, -0.05) is 231 Å². The summed E-state index contributed by atoms with van der Waals surface area (Å²) in [6.45, 7) is 0. The molecule has 0 aliphatic rings. The zero-order valence-electron chi connectivity index (χ0n) is 55.1. The van der Waals surface area contributed by atoms with Gasteiger partial charge in [0.2, 0.25) is 0 Å². The van der Waals surface area contributed by atoms with Crippen molar-refractivity contribution in [3.63, 3.8) is 0 Å². The maximum atomic E-state index is 4.85. The molecular formula is C92H60N10. The first kappa shape index (κ1) is 58.2. The average molecular weight is 1310 g/mol. The van der Waals surface area contributed by atoms with E-state index in [4.69, 9.17) is 10.1 Å². The number of hydrogen-bond acceptors (Lipinski definition) is 4. The van der Waals surface area contributed by atoms with Crippen molar-refractivity contribution < 1.29 is 0 Å². The number of benzene rings is 12. The SMILES string of the molecule is c1ccc(-c2ccc3c(c2)c2cc(-c4ccccc4)ccc2n3-c2cnn3cc4ccccc4cc23)cc1.c1ccc2cn3ncc(-c4ccc(-n5c6ccccc6c6ccccc65)cc4)c3cc2c1.c1ccc2cn3ncc(-c4ccc(-n5c6ccccc6c6ccccc65)cn4)c3cc2c1. The molecule has 0 bridgehead atoms. The lowest BCUT2D eigenvalue weighted by molar-refractivity contribution is 0.970. The van der Waals surface area contributed by atoms with Crippen LogP contribution in [0, 0.1) is 0 Å². The number of para-hydroxylation sites is 4. The van der Waals surface area contributed by atoms with Gasteiger partial charge in [-0.3, -0.25) is 4.98 Å². The summed E-state index contributed by atoms with van der Waals surface area (Å²) >= 11 is 0. The van der Waals surface area contributed by atoms with Crippen molar-refractivity contribution in [1.82, 2.24) is 47.5 Å². The van der Waals surface area contributed by atoms with Crippen molar-refractivity contribution in [2.24, 2.45) is 0 Å². The van der Waals surface area contributed by atoms with Crippen molar-refractivity contribution >= 4 is 114 Å². The molecular weight excluding hydrogens is 1250 g/mol. The van der Waals surface area contributed by atoms with Crippen LogP contribution >= 0.6 is 0 Å². The van der Waals surface area contributed by atoms with Gasteiger partial charge in [-0.2, -0.15) is 15.3 Å². The molecule has 22 rings (SSSR count). The summed E-state index contributed by atoms with van der Waals surface area (Å²) in [5.74, 6) is 0. The first-order valence-electron chi connectivity index (χ1n) is 34.4. The zero-order valence-corrected chi connectivity index (χ0v) is 55.1. The van der Waals surface area contributed by atoms with E-state index in [0.717, 1.165) is 50.4 Å². The fraction of sp³-hybridized carbons (Fsp3) is 0. The molecule has 10 nitrogen and oxygen atoms in total. The van der Waals surface area contributed by atoms with Crippen molar-refractivity contribution in [2.75, 3.05) is 0 Å². The number of hydrogen-bond donors (Lipinski definition) is 0. The Hall–Kier alpha value is -14.0. The Kier molecular flexibility index (Phi) is 13.7. The number of rotatable bonds is 7. The van der Waals surface area contributed by atoms with Gasteiger partial charge in [-0.15, -0.1) is 0 Å². The van der Waals surface area contributed by atoms with E-state index in [0.29, 0.717) is 0 Å². The average Bonchev–Trinajstić information content (AvgIpc) is 1.89. The van der Waals surface area contributed by atoms with Crippen LogP contribution in [0.3, 0.4) is 0 Å². The summed E-state index contributed by atoms with van der Waals surface area (Å²) in [6.07, 6.45) is 14.1. The molecule has 0 atom stereocenters. The van der Waals surface area contributed by atoms with Crippen LogP contribution in [0.1, 0.15) is 0 Å². The highest BCUT2D eigenvalue weighted by atomic mass is 15.2. The van der Waals surface area contributed by atoms with E-state index in [1.54, 1.807) is 0 Å². The summed E-state index contributed by atoms with van der Waals surface area (Å²) in [5.41, 5.74) is 22.8. The van der Waals surface area contributed by atoms with Gasteiger partial charge in [-0.05, 0) is 135 Å². The van der Waals surface area contributed by atoms with Crippen LogP contribution in [-0.4, -0.2) is 47.5 Å². The molecule has 0 aliphatic carbocycles. The maximum absolute atomic E-state index is 4.85. The molecule has 102 heavy (non-hydrogen) atoms. The van der Waals surface area contributed by atoms with Gasteiger partial charge >= 0.3 is 0 Å². The fourth-order valence-electron chi connectivity index (χ4n) is 15.3. The predicted molar refractivity (Wildman–Crippen MR) is 421 cm³/mol. The maximum Gasteiger partial charge on any atom is 0.0923 e. The van der Waals surface area contributed by atoms with E-state index in [2.05, 4.69) is 358 Å². The van der Waals surface area contributed by atoms with Crippen LogP contribution in [0.15, 0.2) is 365 Å². The van der Waals surface area contributed by atoms with Gasteiger partial charge in [0.1, 0.15) is 0 Å². The second-order valence-corrected chi connectivity index (χ2v) is 26.1. The second kappa shape index (κ2) is 23.9. The number of nitrogens with zero attached hydrogens (tertiary/aromatic N) is 10. The van der Waals surface area contributed by atoms with Crippen LogP contribution in [0.25, 0.3) is 176 Å². The van der Waals surface area contributed by atoms with E-state index < -0.39 is 0 Å². The van der Waals surface area contributed by atoms with E-state index >= 15 is 0 Å². The molecule has 0 radical (unpaired) electrons. The third-order valence-electron chi connectivity index (χ3n) is 20.2. The largest absolute Gasteiger partial charge is 0.309 e. The summed E-state index contributed by atoms with van der Waals surface area (Å²) < 4.78 is 12.9. The molecule has 10 aromatic heterocycles. The highest BCUT2D eigenvalue weighted by Crippen LogP contribution is 2.40. The molecule has 0 N–H and O–H groups in total. The minimum atomic E-state index is 0.916. The molecule has 12 aromatic carbocycles.